The Morgan fingerprint density at radius 3 is 2.72 bits per heavy atom. The molecule has 1 aliphatic carbocycles. The van der Waals surface area contributed by atoms with E-state index in [9.17, 15) is 4.79 Å². The van der Waals surface area contributed by atoms with E-state index in [-0.39, 0.29) is 12.7 Å². The fourth-order valence-corrected chi connectivity index (χ4v) is 4.64. The standard InChI is InChI=1S/C21H16Cl2N2O3S/c22-15-3-1-12(8-16(15)23)7-14-10-24-20(29-14)25-19(26)21(5-6-21)13-2-4-17-18(9-13)28-11-27-17/h1-4,8-10H,5-7,11H2,(H,24,25,26). The minimum atomic E-state index is -0.517. The van der Waals surface area contributed by atoms with Crippen LogP contribution in [0.2, 0.25) is 10.0 Å². The molecule has 0 unspecified atom stereocenters. The third kappa shape index (κ3) is 3.56. The maximum atomic E-state index is 13.0. The van der Waals surface area contributed by atoms with Crippen LogP contribution >= 0.6 is 34.5 Å². The second-order valence-corrected chi connectivity index (χ2v) is 9.09. The number of amides is 1. The minimum Gasteiger partial charge on any atom is -0.454 e. The van der Waals surface area contributed by atoms with E-state index in [2.05, 4.69) is 10.3 Å². The number of aromatic nitrogens is 1. The summed E-state index contributed by atoms with van der Waals surface area (Å²) in [6.07, 6.45) is 4.07. The molecule has 1 saturated carbocycles. The van der Waals surface area contributed by atoms with E-state index in [4.69, 9.17) is 32.7 Å². The second-order valence-electron chi connectivity index (χ2n) is 7.16. The van der Waals surface area contributed by atoms with Crippen molar-refractivity contribution in [1.29, 1.82) is 0 Å². The molecule has 1 N–H and O–H groups in total. The van der Waals surface area contributed by atoms with Crippen molar-refractivity contribution >= 4 is 45.6 Å². The van der Waals surface area contributed by atoms with Gasteiger partial charge in [0.15, 0.2) is 16.6 Å². The number of carbonyl (C=O) groups excluding carboxylic acids is 1. The molecule has 2 aromatic carbocycles. The summed E-state index contributed by atoms with van der Waals surface area (Å²) < 4.78 is 10.8. The molecule has 0 saturated heterocycles. The summed E-state index contributed by atoms with van der Waals surface area (Å²) in [7, 11) is 0. The molecule has 148 valence electrons. The highest BCUT2D eigenvalue weighted by atomic mass is 35.5. The van der Waals surface area contributed by atoms with E-state index < -0.39 is 5.41 Å². The molecule has 3 aromatic rings. The number of hydrogen-bond donors (Lipinski definition) is 1. The van der Waals surface area contributed by atoms with Crippen molar-refractivity contribution < 1.29 is 14.3 Å². The number of rotatable bonds is 5. The van der Waals surface area contributed by atoms with Crippen LogP contribution in [0.15, 0.2) is 42.6 Å². The van der Waals surface area contributed by atoms with Crippen LogP contribution in [0.4, 0.5) is 5.13 Å². The van der Waals surface area contributed by atoms with Gasteiger partial charge in [-0.2, -0.15) is 0 Å². The van der Waals surface area contributed by atoms with Gasteiger partial charge in [-0.15, -0.1) is 11.3 Å². The molecule has 1 aromatic heterocycles. The first-order valence-corrected chi connectivity index (χ1v) is 10.7. The molecule has 8 heteroatoms. The number of anilines is 1. The average Bonchev–Trinajstić information content (AvgIpc) is 3.19. The molecular weight excluding hydrogens is 431 g/mol. The van der Waals surface area contributed by atoms with E-state index in [1.807, 2.05) is 30.3 Å². The summed E-state index contributed by atoms with van der Waals surface area (Å²) in [5.74, 6) is 1.38. The first-order chi connectivity index (χ1) is 14.0. The van der Waals surface area contributed by atoms with Crippen molar-refractivity contribution in [2.45, 2.75) is 24.7 Å². The monoisotopic (exact) mass is 446 g/mol. The maximum Gasteiger partial charge on any atom is 0.236 e. The summed E-state index contributed by atoms with van der Waals surface area (Å²) in [5, 5.41) is 4.64. The lowest BCUT2D eigenvalue weighted by Gasteiger charge is -2.15. The van der Waals surface area contributed by atoms with E-state index in [0.29, 0.717) is 27.3 Å². The van der Waals surface area contributed by atoms with Gasteiger partial charge in [-0.1, -0.05) is 35.3 Å². The van der Waals surface area contributed by atoms with Crippen LogP contribution < -0.4 is 14.8 Å². The van der Waals surface area contributed by atoms with Gasteiger partial charge < -0.3 is 14.8 Å². The highest BCUT2D eigenvalue weighted by Crippen LogP contribution is 2.51. The van der Waals surface area contributed by atoms with Crippen LogP contribution in [0.25, 0.3) is 0 Å². The van der Waals surface area contributed by atoms with Gasteiger partial charge in [0.2, 0.25) is 12.7 Å². The Morgan fingerprint density at radius 1 is 1.10 bits per heavy atom. The van der Waals surface area contributed by atoms with Gasteiger partial charge in [-0.25, -0.2) is 4.98 Å². The number of ether oxygens (including phenoxy) is 2. The molecule has 5 rings (SSSR count). The van der Waals surface area contributed by atoms with Gasteiger partial charge >= 0.3 is 0 Å². The van der Waals surface area contributed by atoms with Crippen LogP contribution in [-0.4, -0.2) is 17.7 Å². The number of fused-ring (bicyclic) bond motifs is 1. The Balaban J connectivity index is 1.29. The fraction of sp³-hybridized carbons (Fsp3) is 0.238. The summed E-state index contributed by atoms with van der Waals surface area (Å²) in [6.45, 7) is 0.221. The molecule has 0 spiro atoms. The van der Waals surface area contributed by atoms with Crippen LogP contribution in [0.1, 0.15) is 28.8 Å². The number of thiazole rings is 1. The lowest BCUT2D eigenvalue weighted by atomic mass is 9.94. The quantitative estimate of drug-likeness (QED) is 0.566. The van der Waals surface area contributed by atoms with Gasteiger partial charge in [0, 0.05) is 17.5 Å². The smallest absolute Gasteiger partial charge is 0.236 e. The number of benzene rings is 2. The van der Waals surface area contributed by atoms with Crippen molar-refractivity contribution in [1.82, 2.24) is 4.98 Å². The van der Waals surface area contributed by atoms with Crippen molar-refractivity contribution in [3.63, 3.8) is 0 Å². The SMILES string of the molecule is O=C(Nc1ncc(Cc2ccc(Cl)c(Cl)c2)s1)C1(c2ccc3c(c2)OCO3)CC1. The molecule has 2 aliphatic rings. The topological polar surface area (TPSA) is 60.5 Å². The molecule has 0 bridgehead atoms. The number of halogens is 2. The highest BCUT2D eigenvalue weighted by Gasteiger charge is 2.52. The molecule has 5 nitrogen and oxygen atoms in total. The largest absolute Gasteiger partial charge is 0.454 e. The van der Waals surface area contributed by atoms with Gasteiger partial charge in [-0.05, 0) is 48.2 Å². The van der Waals surface area contributed by atoms with Crippen LogP contribution in [-0.2, 0) is 16.6 Å². The lowest BCUT2D eigenvalue weighted by molar-refractivity contribution is -0.118. The highest BCUT2D eigenvalue weighted by molar-refractivity contribution is 7.15. The molecule has 29 heavy (non-hydrogen) atoms. The van der Waals surface area contributed by atoms with E-state index >= 15 is 0 Å². The Kier molecular flexibility index (Phi) is 4.65. The van der Waals surface area contributed by atoms with E-state index in [0.717, 1.165) is 34.6 Å². The van der Waals surface area contributed by atoms with Crippen LogP contribution in [0.5, 0.6) is 11.5 Å². The van der Waals surface area contributed by atoms with Gasteiger partial charge in [0.25, 0.3) is 0 Å². The molecule has 1 amide bonds. The van der Waals surface area contributed by atoms with Crippen LogP contribution in [0, 0.1) is 0 Å². The Labute approximate surface area is 181 Å². The number of nitrogens with zero attached hydrogens (tertiary/aromatic N) is 1. The van der Waals surface area contributed by atoms with Crippen molar-refractivity contribution in [2.75, 3.05) is 12.1 Å². The van der Waals surface area contributed by atoms with E-state index in [1.165, 1.54) is 11.3 Å². The minimum absolute atomic E-state index is 0.0354. The zero-order chi connectivity index (χ0) is 20.0. The van der Waals surface area contributed by atoms with Crippen molar-refractivity contribution in [3.05, 3.63) is 68.6 Å². The zero-order valence-electron chi connectivity index (χ0n) is 15.2. The lowest BCUT2D eigenvalue weighted by Crippen LogP contribution is -2.27. The fourth-order valence-electron chi connectivity index (χ4n) is 3.48. The second kappa shape index (κ2) is 7.20. The summed E-state index contributed by atoms with van der Waals surface area (Å²) in [6, 6.07) is 11.3. The average molecular weight is 447 g/mol. The number of nitrogens with one attached hydrogen (secondary N) is 1. The Bertz CT molecular complexity index is 1110. The molecule has 0 radical (unpaired) electrons. The van der Waals surface area contributed by atoms with Gasteiger partial charge in [0.05, 0.1) is 15.5 Å². The summed E-state index contributed by atoms with van der Waals surface area (Å²) in [5.41, 5.74) is 1.48. The van der Waals surface area contributed by atoms with E-state index in [1.54, 1.807) is 12.3 Å². The summed E-state index contributed by atoms with van der Waals surface area (Å²) >= 11 is 13.5. The predicted molar refractivity (Wildman–Crippen MR) is 113 cm³/mol. The van der Waals surface area contributed by atoms with Gasteiger partial charge in [-0.3, -0.25) is 4.79 Å². The van der Waals surface area contributed by atoms with Gasteiger partial charge in [0.1, 0.15) is 0 Å². The Hall–Kier alpha value is -2.28. The summed E-state index contributed by atoms with van der Waals surface area (Å²) in [4.78, 5) is 18.4. The Morgan fingerprint density at radius 2 is 1.93 bits per heavy atom. The number of carbonyl (C=O) groups is 1. The molecule has 0 atom stereocenters. The molecule has 2 heterocycles. The maximum absolute atomic E-state index is 13.0. The third-order valence-electron chi connectivity index (χ3n) is 5.25. The number of hydrogen-bond acceptors (Lipinski definition) is 5. The molecule has 1 fully saturated rings. The normalized spacial score (nSPS) is 15.9. The first-order valence-electron chi connectivity index (χ1n) is 9.14. The zero-order valence-corrected chi connectivity index (χ0v) is 17.5. The van der Waals surface area contributed by atoms with Crippen molar-refractivity contribution in [3.8, 4) is 11.5 Å². The predicted octanol–water partition coefficient (Wildman–Crippen LogP) is 5.44. The third-order valence-corrected chi connectivity index (χ3v) is 6.90. The van der Waals surface area contributed by atoms with Crippen LogP contribution in [0.3, 0.4) is 0 Å². The molecular formula is C21H16Cl2N2O3S. The first kappa shape index (κ1) is 18.7. The van der Waals surface area contributed by atoms with Crippen molar-refractivity contribution in [2.24, 2.45) is 0 Å². The molecule has 1 aliphatic heterocycles.